The number of aromatic nitrogens is 2. The van der Waals surface area contributed by atoms with E-state index in [4.69, 9.17) is 0 Å². The summed E-state index contributed by atoms with van der Waals surface area (Å²) < 4.78 is 0. The molecule has 25 heavy (non-hydrogen) atoms. The molecular formula is C19H28N4O2. The van der Waals surface area contributed by atoms with Crippen LogP contribution in [0.4, 0.5) is 0 Å². The van der Waals surface area contributed by atoms with Gasteiger partial charge in [0.25, 0.3) is 5.56 Å². The van der Waals surface area contributed by atoms with E-state index in [1.54, 1.807) is 6.07 Å². The number of unbranched alkanes of at least 4 members (excludes halogenated alkanes) is 1. The topological polar surface area (TPSA) is 78.1 Å². The molecule has 2 rings (SSSR count). The second-order valence-corrected chi connectivity index (χ2v) is 6.79. The predicted octanol–water partition coefficient (Wildman–Crippen LogP) is 2.30. The van der Waals surface area contributed by atoms with Gasteiger partial charge in [0, 0.05) is 6.54 Å². The zero-order valence-corrected chi connectivity index (χ0v) is 15.3. The number of para-hydroxylation sites is 1. The number of hydrogen-bond donors (Lipinski definition) is 2. The van der Waals surface area contributed by atoms with Crippen LogP contribution in [0, 0.1) is 5.92 Å². The summed E-state index contributed by atoms with van der Waals surface area (Å²) in [6, 6.07) is 7.29. The van der Waals surface area contributed by atoms with Crippen molar-refractivity contribution in [2.45, 2.75) is 40.2 Å². The van der Waals surface area contributed by atoms with Crippen LogP contribution in [0.5, 0.6) is 0 Å². The Balaban J connectivity index is 2.10. The number of benzene rings is 1. The Hall–Kier alpha value is -2.21. The number of aromatic amines is 1. The van der Waals surface area contributed by atoms with Gasteiger partial charge in [-0.1, -0.05) is 39.3 Å². The third-order valence-corrected chi connectivity index (χ3v) is 3.94. The lowest BCUT2D eigenvalue weighted by molar-refractivity contribution is -0.122. The summed E-state index contributed by atoms with van der Waals surface area (Å²) in [5.74, 6) is 1.02. The fraction of sp³-hybridized carbons (Fsp3) is 0.526. The summed E-state index contributed by atoms with van der Waals surface area (Å²) in [5.41, 5.74) is 0.543. The Bertz CT molecular complexity index is 754. The van der Waals surface area contributed by atoms with E-state index in [-0.39, 0.29) is 11.5 Å². The van der Waals surface area contributed by atoms with E-state index in [9.17, 15) is 9.59 Å². The summed E-state index contributed by atoms with van der Waals surface area (Å²) >= 11 is 0. The van der Waals surface area contributed by atoms with Gasteiger partial charge in [0.15, 0.2) is 0 Å². The molecule has 136 valence electrons. The van der Waals surface area contributed by atoms with Crippen molar-refractivity contribution in [3.05, 3.63) is 40.4 Å². The van der Waals surface area contributed by atoms with E-state index in [0.717, 1.165) is 19.4 Å². The van der Waals surface area contributed by atoms with Gasteiger partial charge in [-0.2, -0.15) is 0 Å². The summed E-state index contributed by atoms with van der Waals surface area (Å²) in [5, 5.41) is 3.53. The maximum Gasteiger partial charge on any atom is 0.258 e. The Morgan fingerprint density at radius 1 is 1.32 bits per heavy atom. The van der Waals surface area contributed by atoms with Gasteiger partial charge in [-0.3, -0.25) is 14.5 Å². The highest BCUT2D eigenvalue weighted by Gasteiger charge is 2.13. The lowest BCUT2D eigenvalue weighted by Crippen LogP contribution is -2.39. The van der Waals surface area contributed by atoms with Gasteiger partial charge in [0.05, 0.1) is 24.0 Å². The van der Waals surface area contributed by atoms with Crippen LogP contribution in [-0.2, 0) is 11.3 Å². The van der Waals surface area contributed by atoms with E-state index in [2.05, 4.69) is 36.1 Å². The molecule has 0 atom stereocenters. The first-order chi connectivity index (χ1) is 12.0. The van der Waals surface area contributed by atoms with Crippen LogP contribution in [0.25, 0.3) is 10.9 Å². The SMILES string of the molecule is CCCCN(CC(=O)NCC(C)C)Cc1nc2ccccc2c(=O)[nH]1. The number of rotatable bonds is 9. The van der Waals surface area contributed by atoms with Crippen molar-refractivity contribution in [2.24, 2.45) is 5.92 Å². The fourth-order valence-electron chi connectivity index (χ4n) is 2.59. The van der Waals surface area contributed by atoms with Crippen molar-refractivity contribution in [3.8, 4) is 0 Å². The van der Waals surface area contributed by atoms with Crippen molar-refractivity contribution >= 4 is 16.8 Å². The monoisotopic (exact) mass is 344 g/mol. The van der Waals surface area contributed by atoms with Crippen LogP contribution in [-0.4, -0.2) is 40.4 Å². The number of carbonyl (C=O) groups excluding carboxylic acids is 1. The van der Waals surface area contributed by atoms with Crippen LogP contribution in [0.2, 0.25) is 0 Å². The Morgan fingerprint density at radius 3 is 2.80 bits per heavy atom. The summed E-state index contributed by atoms with van der Waals surface area (Å²) in [6.07, 6.45) is 2.04. The van der Waals surface area contributed by atoms with E-state index in [0.29, 0.717) is 42.3 Å². The molecule has 0 aliphatic heterocycles. The lowest BCUT2D eigenvalue weighted by atomic mass is 10.2. The Morgan fingerprint density at radius 2 is 2.08 bits per heavy atom. The average molecular weight is 344 g/mol. The number of nitrogens with zero attached hydrogens (tertiary/aromatic N) is 2. The second kappa shape index (κ2) is 9.32. The molecule has 2 N–H and O–H groups in total. The second-order valence-electron chi connectivity index (χ2n) is 6.79. The van der Waals surface area contributed by atoms with Gasteiger partial charge < -0.3 is 10.3 Å². The molecule has 0 unspecified atom stereocenters. The molecule has 1 heterocycles. The minimum atomic E-state index is -0.139. The van der Waals surface area contributed by atoms with E-state index >= 15 is 0 Å². The number of hydrogen-bond acceptors (Lipinski definition) is 4. The molecule has 0 saturated heterocycles. The van der Waals surface area contributed by atoms with Crippen LogP contribution in [0.1, 0.15) is 39.4 Å². The van der Waals surface area contributed by atoms with E-state index in [1.165, 1.54) is 0 Å². The summed E-state index contributed by atoms with van der Waals surface area (Å²) in [6.45, 7) is 8.48. The third kappa shape index (κ3) is 5.98. The molecule has 2 aromatic rings. The Labute approximate surface area is 148 Å². The molecule has 0 radical (unpaired) electrons. The van der Waals surface area contributed by atoms with Crippen LogP contribution < -0.4 is 10.9 Å². The quantitative estimate of drug-likeness (QED) is 0.732. The Kier molecular flexibility index (Phi) is 7.13. The van der Waals surface area contributed by atoms with E-state index < -0.39 is 0 Å². The zero-order chi connectivity index (χ0) is 18.2. The predicted molar refractivity (Wildman–Crippen MR) is 100 cm³/mol. The summed E-state index contributed by atoms with van der Waals surface area (Å²) in [4.78, 5) is 33.8. The first kappa shape index (κ1) is 19.1. The zero-order valence-electron chi connectivity index (χ0n) is 15.3. The molecule has 6 nitrogen and oxygen atoms in total. The molecule has 1 amide bonds. The molecule has 6 heteroatoms. The maximum atomic E-state index is 12.2. The molecule has 1 aromatic carbocycles. The highest BCUT2D eigenvalue weighted by atomic mass is 16.2. The normalized spacial score (nSPS) is 11.4. The highest BCUT2D eigenvalue weighted by molar-refractivity contribution is 5.78. The lowest BCUT2D eigenvalue weighted by Gasteiger charge is -2.21. The van der Waals surface area contributed by atoms with Gasteiger partial charge in [-0.15, -0.1) is 0 Å². The molecular weight excluding hydrogens is 316 g/mol. The first-order valence-corrected chi connectivity index (χ1v) is 8.96. The van der Waals surface area contributed by atoms with Gasteiger partial charge in [-0.05, 0) is 31.0 Å². The molecule has 0 aliphatic rings. The first-order valence-electron chi connectivity index (χ1n) is 8.96. The minimum absolute atomic E-state index is 0.00735. The number of fused-ring (bicyclic) bond motifs is 1. The van der Waals surface area contributed by atoms with Crippen LogP contribution in [0.3, 0.4) is 0 Å². The average Bonchev–Trinajstić information content (AvgIpc) is 2.58. The molecule has 1 aromatic heterocycles. The smallest absolute Gasteiger partial charge is 0.258 e. The van der Waals surface area contributed by atoms with Crippen molar-refractivity contribution in [1.29, 1.82) is 0 Å². The number of amides is 1. The van der Waals surface area contributed by atoms with Crippen molar-refractivity contribution in [1.82, 2.24) is 20.2 Å². The van der Waals surface area contributed by atoms with Crippen LogP contribution >= 0.6 is 0 Å². The van der Waals surface area contributed by atoms with Gasteiger partial charge in [0.2, 0.25) is 5.91 Å². The summed E-state index contributed by atoms with van der Waals surface area (Å²) in [7, 11) is 0. The largest absolute Gasteiger partial charge is 0.355 e. The van der Waals surface area contributed by atoms with Gasteiger partial charge >= 0.3 is 0 Å². The van der Waals surface area contributed by atoms with Crippen molar-refractivity contribution in [2.75, 3.05) is 19.6 Å². The highest BCUT2D eigenvalue weighted by Crippen LogP contribution is 2.08. The maximum absolute atomic E-state index is 12.2. The molecule has 0 bridgehead atoms. The van der Waals surface area contributed by atoms with E-state index in [1.807, 2.05) is 23.1 Å². The molecule has 0 aliphatic carbocycles. The van der Waals surface area contributed by atoms with Crippen molar-refractivity contribution < 1.29 is 4.79 Å². The molecule has 0 saturated carbocycles. The van der Waals surface area contributed by atoms with Gasteiger partial charge in [-0.25, -0.2) is 4.98 Å². The third-order valence-electron chi connectivity index (χ3n) is 3.94. The number of nitrogens with one attached hydrogen (secondary N) is 2. The number of carbonyl (C=O) groups is 1. The standard InChI is InChI=1S/C19H28N4O2/c1-4-5-10-23(13-18(24)20-11-14(2)3)12-17-21-16-9-7-6-8-15(16)19(25)22-17/h6-9,14H,4-5,10-13H2,1-3H3,(H,20,24)(H,21,22,25). The molecule has 0 spiro atoms. The number of H-pyrrole nitrogens is 1. The van der Waals surface area contributed by atoms with Crippen molar-refractivity contribution in [3.63, 3.8) is 0 Å². The van der Waals surface area contributed by atoms with Gasteiger partial charge in [0.1, 0.15) is 5.82 Å². The fourth-order valence-corrected chi connectivity index (χ4v) is 2.59. The van der Waals surface area contributed by atoms with Crippen LogP contribution in [0.15, 0.2) is 29.1 Å². The molecule has 0 fully saturated rings. The minimum Gasteiger partial charge on any atom is -0.355 e.